The summed E-state index contributed by atoms with van der Waals surface area (Å²) in [5.41, 5.74) is 0. The number of piperidine rings is 1. The molecule has 1 aliphatic heterocycles. The molecule has 0 amide bonds. The van der Waals surface area contributed by atoms with Crippen LogP contribution in [0.15, 0.2) is 0 Å². The van der Waals surface area contributed by atoms with Crippen molar-refractivity contribution < 1.29 is 0 Å². The van der Waals surface area contributed by atoms with Gasteiger partial charge in [0.15, 0.2) is 0 Å². The molecule has 0 spiro atoms. The first-order valence-corrected chi connectivity index (χ1v) is 7.89. The Hall–Kier alpha value is 0.400. The molecular formula is C13H27BrN2. The zero-order valence-corrected chi connectivity index (χ0v) is 12.4. The smallest absolute Gasteiger partial charge is 0.0104 e. The van der Waals surface area contributed by atoms with E-state index in [9.17, 15) is 0 Å². The largest absolute Gasteiger partial charge is 0.314 e. The summed E-state index contributed by atoms with van der Waals surface area (Å²) in [4.78, 5) is 2.54. The van der Waals surface area contributed by atoms with Gasteiger partial charge in [-0.3, -0.25) is 0 Å². The topological polar surface area (TPSA) is 15.3 Å². The molecular weight excluding hydrogens is 264 g/mol. The van der Waals surface area contributed by atoms with Gasteiger partial charge in [0, 0.05) is 17.4 Å². The summed E-state index contributed by atoms with van der Waals surface area (Å²) in [6.45, 7) is 4.75. The molecule has 0 saturated carbocycles. The minimum absolute atomic E-state index is 0.702. The van der Waals surface area contributed by atoms with Crippen LogP contribution in [0.3, 0.4) is 0 Å². The number of rotatable bonds is 7. The highest BCUT2D eigenvalue weighted by Crippen LogP contribution is 2.17. The third-order valence-corrected chi connectivity index (χ3v) is 4.24. The Balaban J connectivity index is 2.13. The molecule has 1 heterocycles. The first-order chi connectivity index (χ1) is 7.77. The molecule has 2 nitrogen and oxygen atoms in total. The maximum absolute atomic E-state index is 3.68. The quantitative estimate of drug-likeness (QED) is 0.725. The first-order valence-electron chi connectivity index (χ1n) is 6.77. The van der Waals surface area contributed by atoms with Crippen LogP contribution in [0.2, 0.25) is 0 Å². The highest BCUT2D eigenvalue weighted by Gasteiger charge is 2.18. The van der Waals surface area contributed by atoms with Crippen molar-refractivity contribution in [1.82, 2.24) is 10.2 Å². The van der Waals surface area contributed by atoms with Crippen LogP contribution in [0.1, 0.15) is 45.4 Å². The van der Waals surface area contributed by atoms with Gasteiger partial charge in [-0.2, -0.15) is 0 Å². The van der Waals surface area contributed by atoms with Crippen LogP contribution in [0, 0.1) is 0 Å². The summed E-state index contributed by atoms with van der Waals surface area (Å²) in [6, 6.07) is 1.52. The number of halogens is 1. The predicted molar refractivity (Wildman–Crippen MR) is 75.4 cm³/mol. The number of likely N-dealkylation sites (tertiary alicyclic amines) is 1. The lowest BCUT2D eigenvalue weighted by Crippen LogP contribution is -2.39. The normalized spacial score (nSPS) is 24.6. The van der Waals surface area contributed by atoms with Crippen LogP contribution < -0.4 is 5.32 Å². The first kappa shape index (κ1) is 14.5. The Morgan fingerprint density at radius 3 is 2.88 bits per heavy atom. The molecule has 1 N–H and O–H groups in total. The zero-order valence-electron chi connectivity index (χ0n) is 10.8. The summed E-state index contributed by atoms with van der Waals surface area (Å²) in [5, 5.41) is 4.79. The van der Waals surface area contributed by atoms with Crippen molar-refractivity contribution in [2.75, 3.05) is 25.5 Å². The van der Waals surface area contributed by atoms with E-state index in [1.165, 1.54) is 51.6 Å². The lowest BCUT2D eigenvalue weighted by atomic mass is 10.00. The van der Waals surface area contributed by atoms with Gasteiger partial charge in [-0.1, -0.05) is 29.3 Å². The fourth-order valence-electron chi connectivity index (χ4n) is 2.55. The third kappa shape index (κ3) is 5.15. The molecule has 1 saturated heterocycles. The van der Waals surface area contributed by atoms with Crippen molar-refractivity contribution in [1.29, 1.82) is 0 Å². The van der Waals surface area contributed by atoms with Crippen LogP contribution in [0.4, 0.5) is 0 Å². The van der Waals surface area contributed by atoms with E-state index >= 15 is 0 Å². The molecule has 1 fully saturated rings. The highest BCUT2D eigenvalue weighted by atomic mass is 79.9. The second-order valence-electron chi connectivity index (χ2n) is 4.96. The predicted octanol–water partition coefficient (Wildman–Crippen LogP) is 3.01. The molecule has 0 aromatic heterocycles. The number of nitrogens with one attached hydrogen (secondary N) is 1. The maximum atomic E-state index is 3.68. The molecule has 16 heavy (non-hydrogen) atoms. The molecule has 1 aliphatic rings. The number of hydrogen-bond acceptors (Lipinski definition) is 2. The molecule has 2 unspecified atom stereocenters. The van der Waals surface area contributed by atoms with Crippen molar-refractivity contribution in [2.45, 2.75) is 57.5 Å². The van der Waals surface area contributed by atoms with Crippen LogP contribution >= 0.6 is 15.9 Å². The Bertz CT molecular complexity index is 175. The average molecular weight is 291 g/mol. The van der Waals surface area contributed by atoms with E-state index in [2.05, 4.69) is 40.1 Å². The minimum atomic E-state index is 0.702. The van der Waals surface area contributed by atoms with E-state index in [0.717, 1.165) is 11.4 Å². The lowest BCUT2D eigenvalue weighted by Gasteiger charge is -2.33. The molecule has 2 atom stereocenters. The molecule has 0 aromatic carbocycles. The SMILES string of the molecule is CCC(CCBr)NCCC1CCCCN1C. The Kier molecular flexibility index (Phi) is 7.67. The van der Waals surface area contributed by atoms with Gasteiger partial charge < -0.3 is 10.2 Å². The highest BCUT2D eigenvalue weighted by molar-refractivity contribution is 9.09. The van der Waals surface area contributed by atoms with E-state index in [-0.39, 0.29) is 0 Å². The van der Waals surface area contributed by atoms with Crippen molar-refractivity contribution in [3.05, 3.63) is 0 Å². The lowest BCUT2D eigenvalue weighted by molar-refractivity contribution is 0.174. The molecule has 3 heteroatoms. The van der Waals surface area contributed by atoms with Crippen LogP contribution in [0.25, 0.3) is 0 Å². The number of alkyl halides is 1. The Morgan fingerprint density at radius 2 is 2.25 bits per heavy atom. The van der Waals surface area contributed by atoms with Gasteiger partial charge in [0.2, 0.25) is 0 Å². The van der Waals surface area contributed by atoms with Gasteiger partial charge in [0.25, 0.3) is 0 Å². The second kappa shape index (κ2) is 8.48. The Labute approximate surface area is 109 Å². The van der Waals surface area contributed by atoms with Crippen molar-refractivity contribution in [3.8, 4) is 0 Å². The fourth-order valence-corrected chi connectivity index (χ4v) is 3.10. The molecule has 0 bridgehead atoms. The van der Waals surface area contributed by atoms with Gasteiger partial charge in [-0.15, -0.1) is 0 Å². The van der Waals surface area contributed by atoms with Crippen LogP contribution in [-0.2, 0) is 0 Å². The molecule has 96 valence electrons. The van der Waals surface area contributed by atoms with Crippen molar-refractivity contribution in [3.63, 3.8) is 0 Å². The molecule has 0 aliphatic carbocycles. The molecule has 0 radical (unpaired) electrons. The van der Waals surface area contributed by atoms with Gasteiger partial charge in [0.05, 0.1) is 0 Å². The molecule has 0 aromatic rings. The maximum Gasteiger partial charge on any atom is 0.0104 e. The van der Waals surface area contributed by atoms with E-state index in [1.807, 2.05) is 0 Å². The summed E-state index contributed by atoms with van der Waals surface area (Å²) in [6.07, 6.45) is 8.01. The summed E-state index contributed by atoms with van der Waals surface area (Å²) in [5.74, 6) is 0. The van der Waals surface area contributed by atoms with E-state index in [4.69, 9.17) is 0 Å². The zero-order chi connectivity index (χ0) is 11.8. The van der Waals surface area contributed by atoms with Crippen molar-refractivity contribution in [2.24, 2.45) is 0 Å². The monoisotopic (exact) mass is 290 g/mol. The van der Waals surface area contributed by atoms with E-state index < -0.39 is 0 Å². The van der Waals surface area contributed by atoms with Gasteiger partial charge in [0.1, 0.15) is 0 Å². The van der Waals surface area contributed by atoms with Gasteiger partial charge in [-0.25, -0.2) is 0 Å². The second-order valence-corrected chi connectivity index (χ2v) is 5.75. The Morgan fingerprint density at radius 1 is 1.44 bits per heavy atom. The third-order valence-electron chi connectivity index (χ3n) is 3.78. The fraction of sp³-hybridized carbons (Fsp3) is 1.00. The number of nitrogens with zero attached hydrogens (tertiary/aromatic N) is 1. The summed E-state index contributed by atoms with van der Waals surface area (Å²) in [7, 11) is 2.28. The molecule has 1 rings (SSSR count). The summed E-state index contributed by atoms with van der Waals surface area (Å²) < 4.78 is 0. The number of hydrogen-bond donors (Lipinski definition) is 1. The van der Waals surface area contributed by atoms with Gasteiger partial charge in [-0.05, 0) is 52.2 Å². The average Bonchev–Trinajstić information content (AvgIpc) is 2.30. The van der Waals surface area contributed by atoms with Crippen molar-refractivity contribution >= 4 is 15.9 Å². The van der Waals surface area contributed by atoms with Crippen LogP contribution in [0.5, 0.6) is 0 Å². The van der Waals surface area contributed by atoms with E-state index in [1.54, 1.807) is 0 Å². The minimum Gasteiger partial charge on any atom is -0.314 e. The standard InChI is InChI=1S/C13H27BrN2/c1-3-12(7-9-14)15-10-8-13-6-4-5-11-16(13)2/h12-13,15H,3-11H2,1-2H3. The van der Waals surface area contributed by atoms with Crippen LogP contribution in [-0.4, -0.2) is 42.5 Å². The van der Waals surface area contributed by atoms with E-state index in [0.29, 0.717) is 6.04 Å². The summed E-state index contributed by atoms with van der Waals surface area (Å²) >= 11 is 3.52. The van der Waals surface area contributed by atoms with Gasteiger partial charge >= 0.3 is 0 Å².